The maximum atomic E-state index is 15.2. The minimum Gasteiger partial charge on any atom is -0.303 e. The van der Waals surface area contributed by atoms with E-state index >= 15 is 4.20 Å². The van der Waals surface area contributed by atoms with Gasteiger partial charge in [-0.15, -0.1) is 39.4 Å². The molecule has 29 heavy (non-hydrogen) atoms. The molecule has 3 atom stereocenters. The quantitative estimate of drug-likeness (QED) is 0.217. The lowest BCUT2D eigenvalue weighted by molar-refractivity contribution is 0.311. The first kappa shape index (κ1) is 27.6. The number of rotatable bonds is 9. The Morgan fingerprint density at radius 3 is 1.17 bits per heavy atom. The summed E-state index contributed by atoms with van der Waals surface area (Å²) in [4.78, 5) is 0. The lowest BCUT2D eigenvalue weighted by Crippen LogP contribution is -1.91. The first-order valence-corrected chi connectivity index (χ1v) is 15.7. The van der Waals surface area contributed by atoms with E-state index in [2.05, 4.69) is 31.6 Å². The fourth-order valence-electron chi connectivity index (χ4n) is 1.53. The second-order valence-electron chi connectivity index (χ2n) is 5.28. The molecule has 0 fully saturated rings. The zero-order valence-electron chi connectivity index (χ0n) is 15.6. The summed E-state index contributed by atoms with van der Waals surface area (Å²) in [6, 6.07) is 0. The molecule has 174 valence electrons. The molecule has 0 aromatic rings. The van der Waals surface area contributed by atoms with Crippen LogP contribution in [0.15, 0.2) is 22.6 Å². The maximum Gasteiger partial charge on any atom is 0.425 e. The van der Waals surface area contributed by atoms with Crippen LogP contribution < -0.4 is 0 Å². The normalized spacial score (nSPS) is 34.0. The SMILES string of the molecule is CCCOP1(F)=NP(F)(F)=NP(F)(F)=NP(F)(OCCC)=NP(F)(OCCC)=N1. The van der Waals surface area contributed by atoms with Gasteiger partial charge in [0.2, 0.25) is 0 Å². The molecule has 1 heterocycles. The van der Waals surface area contributed by atoms with Crippen molar-refractivity contribution in [1.82, 2.24) is 0 Å². The number of hydrogen-bond acceptors (Lipinski definition) is 8. The van der Waals surface area contributed by atoms with Gasteiger partial charge >= 0.3 is 38.9 Å². The molecule has 0 aliphatic carbocycles. The highest BCUT2D eigenvalue weighted by Crippen LogP contribution is 2.82. The van der Waals surface area contributed by atoms with E-state index < -0.39 is 58.7 Å². The van der Waals surface area contributed by atoms with E-state index in [4.69, 9.17) is 0 Å². The van der Waals surface area contributed by atoms with E-state index in [0.29, 0.717) is 0 Å². The average Bonchev–Trinajstić information content (AvgIpc) is 2.53. The topological polar surface area (TPSA) is 89.5 Å². The fraction of sp³-hybridized carbons (Fsp3) is 1.00. The van der Waals surface area contributed by atoms with E-state index in [1.54, 1.807) is 0 Å². The number of halogens is 7. The molecule has 0 amide bonds. The van der Waals surface area contributed by atoms with Gasteiger partial charge in [-0.1, -0.05) is 20.8 Å². The van der Waals surface area contributed by atoms with Crippen molar-refractivity contribution in [2.75, 3.05) is 19.8 Å². The third-order valence-electron chi connectivity index (χ3n) is 2.47. The van der Waals surface area contributed by atoms with Crippen molar-refractivity contribution < 1.29 is 42.9 Å². The van der Waals surface area contributed by atoms with Crippen LogP contribution in [0.1, 0.15) is 40.0 Å². The molecule has 0 aromatic heterocycles. The van der Waals surface area contributed by atoms with Gasteiger partial charge in [0, 0.05) is 0 Å². The molecule has 0 aromatic carbocycles. The summed E-state index contributed by atoms with van der Waals surface area (Å²) in [5, 5.41) is 0. The van der Waals surface area contributed by atoms with Crippen LogP contribution in [0.4, 0.5) is 29.4 Å². The summed E-state index contributed by atoms with van der Waals surface area (Å²) in [7, 11) is -29.5. The molecule has 0 saturated heterocycles. The largest absolute Gasteiger partial charge is 0.425 e. The molecule has 0 bridgehead atoms. The molecule has 0 radical (unpaired) electrons. The van der Waals surface area contributed by atoms with Gasteiger partial charge in [0.15, 0.2) is 0 Å². The molecule has 1 aliphatic rings. The van der Waals surface area contributed by atoms with E-state index in [-0.39, 0.29) is 19.3 Å². The highest BCUT2D eigenvalue weighted by atomic mass is 31.3. The predicted octanol–water partition coefficient (Wildman–Crippen LogP) is 10.8. The summed E-state index contributed by atoms with van der Waals surface area (Å²) in [6.07, 6.45) is 0.287. The van der Waals surface area contributed by atoms with E-state index in [0.717, 1.165) is 0 Å². The van der Waals surface area contributed by atoms with Crippen molar-refractivity contribution in [2.24, 2.45) is 22.6 Å². The van der Waals surface area contributed by atoms with Crippen molar-refractivity contribution in [2.45, 2.75) is 40.0 Å². The first-order valence-electron chi connectivity index (χ1n) is 8.22. The Labute approximate surface area is 164 Å². The lowest BCUT2D eigenvalue weighted by atomic mass is 10.5. The van der Waals surface area contributed by atoms with Gasteiger partial charge in [0.1, 0.15) is 0 Å². The summed E-state index contributed by atoms with van der Waals surface area (Å²) in [5.74, 6) is 0. The molecule has 3 unspecified atom stereocenters. The van der Waals surface area contributed by atoms with Crippen LogP contribution >= 0.6 is 38.9 Å². The third-order valence-corrected chi connectivity index (χ3v) is 12.7. The molecule has 0 spiro atoms. The van der Waals surface area contributed by atoms with E-state index in [1.165, 1.54) is 20.8 Å². The van der Waals surface area contributed by atoms with Crippen LogP contribution in [0, 0.1) is 0 Å². The molecule has 8 nitrogen and oxygen atoms in total. The maximum absolute atomic E-state index is 15.2. The van der Waals surface area contributed by atoms with Gasteiger partial charge in [-0.3, -0.25) is 0 Å². The molecular formula is C9H21F7N5O3P5. The van der Waals surface area contributed by atoms with E-state index in [1.807, 2.05) is 4.52 Å². The smallest absolute Gasteiger partial charge is 0.303 e. The summed E-state index contributed by atoms with van der Waals surface area (Å²) >= 11 is 0. The van der Waals surface area contributed by atoms with Gasteiger partial charge < -0.3 is 13.6 Å². The monoisotopic (exact) mass is 535 g/mol. The van der Waals surface area contributed by atoms with E-state index in [9.17, 15) is 25.2 Å². The summed E-state index contributed by atoms with van der Waals surface area (Å²) in [5.41, 5.74) is 0. The Kier molecular flexibility index (Phi) is 10.4. The summed E-state index contributed by atoms with van der Waals surface area (Å²) in [6.45, 7) is 2.87. The predicted molar refractivity (Wildman–Crippen MR) is 103 cm³/mol. The Bertz CT molecular complexity index is 840. The zero-order valence-corrected chi connectivity index (χ0v) is 20.1. The molecular weight excluding hydrogens is 514 g/mol. The number of nitrogens with zero attached hydrogens (tertiary/aromatic N) is 5. The Morgan fingerprint density at radius 1 is 0.483 bits per heavy atom. The zero-order chi connectivity index (χ0) is 22.4. The van der Waals surface area contributed by atoms with Crippen LogP contribution in [0.2, 0.25) is 0 Å². The molecule has 20 heteroatoms. The van der Waals surface area contributed by atoms with Gasteiger partial charge in [-0.25, -0.2) is 0 Å². The second-order valence-corrected chi connectivity index (χ2v) is 14.3. The lowest BCUT2D eigenvalue weighted by Gasteiger charge is -2.19. The Balaban J connectivity index is 3.98. The molecule has 1 rings (SSSR count). The van der Waals surface area contributed by atoms with Crippen molar-refractivity contribution in [1.29, 1.82) is 0 Å². The van der Waals surface area contributed by atoms with Crippen molar-refractivity contribution in [3.8, 4) is 0 Å². The van der Waals surface area contributed by atoms with Crippen LogP contribution in [-0.2, 0) is 13.6 Å². The Morgan fingerprint density at radius 2 is 0.793 bits per heavy atom. The van der Waals surface area contributed by atoms with Crippen molar-refractivity contribution in [3.05, 3.63) is 0 Å². The molecule has 1 aliphatic heterocycles. The van der Waals surface area contributed by atoms with Gasteiger partial charge in [0.25, 0.3) is 0 Å². The van der Waals surface area contributed by atoms with Crippen LogP contribution in [0.5, 0.6) is 0 Å². The average molecular weight is 535 g/mol. The first-order chi connectivity index (χ1) is 13.2. The standard InChI is InChI=1S/C9H21F7N5O3P5/c1-4-7-22-27(14)18-25(10,11)17-26(12,13)19-28(15,23-8-5-2)21-29(16,20-27)24-9-6-3/h4-9H2,1-3H3. The second kappa shape index (κ2) is 10.9. The highest BCUT2D eigenvalue weighted by molar-refractivity contribution is 7.78. The van der Waals surface area contributed by atoms with Gasteiger partial charge in [0.05, 0.1) is 19.8 Å². The highest BCUT2D eigenvalue weighted by Gasteiger charge is 2.41. The Hall–Kier alpha value is 0.540. The van der Waals surface area contributed by atoms with Gasteiger partial charge in [-0.2, -0.15) is 12.6 Å². The minimum atomic E-state index is -6.44. The fourth-order valence-corrected chi connectivity index (χ4v) is 11.7. The molecule has 0 saturated carbocycles. The van der Waals surface area contributed by atoms with Crippen molar-refractivity contribution in [3.63, 3.8) is 0 Å². The van der Waals surface area contributed by atoms with Gasteiger partial charge in [-0.05, 0) is 19.3 Å². The van der Waals surface area contributed by atoms with Crippen LogP contribution in [0.25, 0.3) is 0 Å². The number of hydrogen-bond donors (Lipinski definition) is 0. The summed E-state index contributed by atoms with van der Waals surface area (Å²) < 4.78 is 127. The van der Waals surface area contributed by atoms with Crippen molar-refractivity contribution >= 4 is 38.9 Å². The van der Waals surface area contributed by atoms with Crippen LogP contribution in [-0.4, -0.2) is 19.8 Å². The minimum absolute atomic E-state index is 0.0840. The third kappa shape index (κ3) is 9.69. The molecule has 0 N–H and O–H groups in total. The van der Waals surface area contributed by atoms with Crippen LogP contribution in [0.3, 0.4) is 0 Å².